The van der Waals surface area contributed by atoms with E-state index in [0.717, 1.165) is 57.2 Å². The number of nitrogens with one attached hydrogen (secondary N) is 1. The fourth-order valence-corrected chi connectivity index (χ4v) is 6.66. The van der Waals surface area contributed by atoms with Crippen LogP contribution in [0, 0.1) is 0 Å². The number of aromatic nitrogens is 2. The Hall–Kier alpha value is -5.20. The molecular weight excluding hydrogens is 530 g/mol. The molecule has 0 fully saturated rings. The minimum atomic E-state index is -0.0384. The highest BCUT2D eigenvalue weighted by Gasteiger charge is 2.28. The van der Waals surface area contributed by atoms with E-state index in [4.69, 9.17) is 4.98 Å². The normalized spacial score (nSPS) is 15.3. The van der Waals surface area contributed by atoms with Crippen molar-refractivity contribution in [2.75, 3.05) is 23.0 Å². The van der Waals surface area contributed by atoms with Gasteiger partial charge in [-0.1, -0.05) is 66.7 Å². The Balaban J connectivity index is 1.32. The topological polar surface area (TPSA) is 52.9 Å². The SMILES string of the molecule is CCN(CC)c1ccc([C@@H]2C=C(c3ccc4c(=O)n5c6ccccc6nc5c5cccc3c45)N(c3ccccc3)N2)cc1. The first-order valence-corrected chi connectivity index (χ1v) is 14.9. The van der Waals surface area contributed by atoms with Gasteiger partial charge in [-0.05, 0) is 73.3 Å². The van der Waals surface area contributed by atoms with Gasteiger partial charge in [0.1, 0.15) is 5.65 Å². The molecular formula is C37H31N5O. The van der Waals surface area contributed by atoms with Gasteiger partial charge in [0.2, 0.25) is 0 Å². The molecule has 6 nitrogen and oxygen atoms in total. The highest BCUT2D eigenvalue weighted by molar-refractivity contribution is 6.18. The van der Waals surface area contributed by atoms with E-state index in [1.807, 2.05) is 36.4 Å². The summed E-state index contributed by atoms with van der Waals surface area (Å²) in [7, 11) is 0. The third-order valence-electron chi connectivity index (χ3n) is 8.78. The van der Waals surface area contributed by atoms with Crippen LogP contribution in [0.2, 0.25) is 0 Å². The van der Waals surface area contributed by atoms with E-state index in [9.17, 15) is 4.79 Å². The Kier molecular flexibility index (Phi) is 5.91. The molecule has 0 unspecified atom stereocenters. The summed E-state index contributed by atoms with van der Waals surface area (Å²) in [4.78, 5) is 21.2. The molecule has 7 aromatic rings. The van der Waals surface area contributed by atoms with Crippen molar-refractivity contribution in [1.82, 2.24) is 14.8 Å². The van der Waals surface area contributed by atoms with Crippen LogP contribution in [0.15, 0.2) is 120 Å². The van der Waals surface area contributed by atoms with Crippen molar-refractivity contribution in [1.29, 1.82) is 0 Å². The molecule has 0 amide bonds. The second-order valence-corrected chi connectivity index (χ2v) is 11.0. The molecule has 0 saturated carbocycles. The Labute approximate surface area is 249 Å². The lowest BCUT2D eigenvalue weighted by Crippen LogP contribution is -2.33. The first-order valence-electron chi connectivity index (χ1n) is 14.9. The van der Waals surface area contributed by atoms with Crippen molar-refractivity contribution in [3.63, 3.8) is 0 Å². The fraction of sp³-hybridized carbons (Fsp3) is 0.135. The van der Waals surface area contributed by atoms with E-state index >= 15 is 0 Å². The first-order chi connectivity index (χ1) is 21.2. The van der Waals surface area contributed by atoms with Gasteiger partial charge in [-0.15, -0.1) is 0 Å². The lowest BCUT2D eigenvalue weighted by Gasteiger charge is -2.26. The number of para-hydroxylation sites is 3. The van der Waals surface area contributed by atoms with Crippen LogP contribution < -0.4 is 20.9 Å². The predicted octanol–water partition coefficient (Wildman–Crippen LogP) is 7.55. The molecule has 0 bridgehead atoms. The number of rotatable bonds is 6. The van der Waals surface area contributed by atoms with Crippen molar-refractivity contribution in [2.24, 2.45) is 0 Å². The lowest BCUT2D eigenvalue weighted by atomic mass is 9.95. The molecule has 1 aliphatic heterocycles. The average molecular weight is 562 g/mol. The highest BCUT2D eigenvalue weighted by atomic mass is 16.1. The van der Waals surface area contributed by atoms with Gasteiger partial charge in [0.25, 0.3) is 5.56 Å². The third kappa shape index (κ3) is 3.91. The van der Waals surface area contributed by atoms with Gasteiger partial charge in [0, 0.05) is 40.5 Å². The minimum Gasteiger partial charge on any atom is -0.372 e. The molecule has 0 aliphatic carbocycles. The molecule has 6 heteroatoms. The number of benzene rings is 5. The molecule has 1 atom stereocenters. The molecule has 0 spiro atoms. The maximum atomic E-state index is 13.9. The van der Waals surface area contributed by atoms with Crippen molar-refractivity contribution >= 4 is 55.3 Å². The second-order valence-electron chi connectivity index (χ2n) is 11.0. The van der Waals surface area contributed by atoms with Gasteiger partial charge >= 0.3 is 0 Å². The smallest absolute Gasteiger partial charge is 0.264 e. The van der Waals surface area contributed by atoms with Crippen LogP contribution in [0.4, 0.5) is 11.4 Å². The zero-order valence-corrected chi connectivity index (χ0v) is 24.2. The van der Waals surface area contributed by atoms with E-state index in [0.29, 0.717) is 11.0 Å². The summed E-state index contributed by atoms with van der Waals surface area (Å²) in [6.45, 7) is 6.33. The summed E-state index contributed by atoms with van der Waals surface area (Å²) in [5, 5.41) is 5.84. The highest BCUT2D eigenvalue weighted by Crippen LogP contribution is 2.40. The number of fused-ring (bicyclic) bond motifs is 4. The number of hydrazine groups is 1. The van der Waals surface area contributed by atoms with Gasteiger partial charge < -0.3 is 4.90 Å². The molecule has 43 heavy (non-hydrogen) atoms. The van der Waals surface area contributed by atoms with E-state index in [1.165, 1.54) is 11.3 Å². The molecule has 1 N–H and O–H groups in total. The van der Waals surface area contributed by atoms with Crippen molar-refractivity contribution in [3.05, 3.63) is 137 Å². The quantitative estimate of drug-likeness (QED) is 0.227. The van der Waals surface area contributed by atoms with E-state index in [1.54, 1.807) is 4.40 Å². The van der Waals surface area contributed by atoms with Crippen LogP contribution in [0.5, 0.6) is 0 Å². The Morgan fingerprint density at radius 3 is 2.30 bits per heavy atom. The van der Waals surface area contributed by atoms with E-state index in [-0.39, 0.29) is 11.6 Å². The monoisotopic (exact) mass is 561 g/mol. The summed E-state index contributed by atoms with van der Waals surface area (Å²) in [6.07, 6.45) is 2.30. The van der Waals surface area contributed by atoms with Gasteiger partial charge in [-0.3, -0.25) is 14.2 Å². The van der Waals surface area contributed by atoms with Gasteiger partial charge in [-0.2, -0.15) is 0 Å². The molecule has 1 aliphatic rings. The van der Waals surface area contributed by atoms with Gasteiger partial charge in [0.05, 0.1) is 28.5 Å². The number of pyridine rings is 1. The molecule has 2 aromatic heterocycles. The van der Waals surface area contributed by atoms with Gasteiger partial charge in [0.15, 0.2) is 0 Å². The van der Waals surface area contributed by atoms with Crippen molar-refractivity contribution in [3.8, 4) is 0 Å². The average Bonchev–Trinajstić information content (AvgIpc) is 3.68. The van der Waals surface area contributed by atoms with E-state index < -0.39 is 0 Å². The largest absolute Gasteiger partial charge is 0.372 e. The standard InChI is InChI=1S/C37H31N5O/c1-3-40(4-2)25-19-17-24(18-20-25)32-23-34(42(39-32)26-11-6-5-7-12-26)27-21-22-30-35-28(27)13-10-14-29(35)36-38-31-15-8-9-16-33(31)41(36)37(30)43/h5-23,32,39H,3-4H2,1-2H3/t32-/m0/s1. The second kappa shape index (κ2) is 9.96. The van der Waals surface area contributed by atoms with Crippen LogP contribution in [0.1, 0.15) is 31.0 Å². The van der Waals surface area contributed by atoms with Crippen LogP contribution in [0.25, 0.3) is 43.9 Å². The maximum absolute atomic E-state index is 13.9. The van der Waals surface area contributed by atoms with Crippen LogP contribution in [-0.4, -0.2) is 22.5 Å². The Morgan fingerprint density at radius 2 is 1.51 bits per heavy atom. The Bertz CT molecular complexity index is 2220. The molecule has 5 aromatic carbocycles. The summed E-state index contributed by atoms with van der Waals surface area (Å²) in [6, 6.07) is 37.4. The lowest BCUT2D eigenvalue weighted by molar-refractivity contribution is 0.674. The Morgan fingerprint density at radius 1 is 0.767 bits per heavy atom. The third-order valence-corrected chi connectivity index (χ3v) is 8.78. The van der Waals surface area contributed by atoms with Crippen LogP contribution in [-0.2, 0) is 0 Å². The zero-order chi connectivity index (χ0) is 29.1. The molecule has 210 valence electrons. The zero-order valence-electron chi connectivity index (χ0n) is 24.2. The minimum absolute atomic E-state index is 0.0161. The van der Waals surface area contributed by atoms with E-state index in [2.05, 4.69) is 108 Å². The summed E-state index contributed by atoms with van der Waals surface area (Å²) in [5.74, 6) is 0. The van der Waals surface area contributed by atoms with Crippen molar-refractivity contribution < 1.29 is 0 Å². The molecule has 0 saturated heterocycles. The van der Waals surface area contributed by atoms with Crippen LogP contribution in [0.3, 0.4) is 0 Å². The maximum Gasteiger partial charge on any atom is 0.264 e. The fourth-order valence-electron chi connectivity index (χ4n) is 6.66. The number of nitrogens with zero attached hydrogens (tertiary/aromatic N) is 4. The first kappa shape index (κ1) is 25.5. The van der Waals surface area contributed by atoms with Crippen LogP contribution >= 0.6 is 0 Å². The predicted molar refractivity (Wildman–Crippen MR) is 178 cm³/mol. The number of imidazole rings is 1. The number of anilines is 2. The number of hydrogen-bond acceptors (Lipinski definition) is 5. The van der Waals surface area contributed by atoms with Crippen molar-refractivity contribution in [2.45, 2.75) is 19.9 Å². The molecule has 0 radical (unpaired) electrons. The summed E-state index contributed by atoms with van der Waals surface area (Å²) >= 11 is 0. The number of hydrogen-bond donors (Lipinski definition) is 1. The summed E-state index contributed by atoms with van der Waals surface area (Å²) < 4.78 is 1.76. The van der Waals surface area contributed by atoms with Gasteiger partial charge in [-0.25, -0.2) is 10.4 Å². The molecule has 3 heterocycles. The molecule has 8 rings (SSSR count). The summed E-state index contributed by atoms with van der Waals surface area (Å²) in [5.41, 5.74) is 11.7.